The monoisotopic (exact) mass is 367 g/mol. The van der Waals surface area contributed by atoms with Crippen LogP contribution in [0.1, 0.15) is 22.8 Å². The van der Waals surface area contributed by atoms with E-state index in [1.165, 1.54) is 6.07 Å². The molecule has 4 N–H and O–H groups in total. The van der Waals surface area contributed by atoms with E-state index in [4.69, 9.17) is 10.9 Å². The second-order valence-corrected chi connectivity index (χ2v) is 5.18. The molecule has 5 nitrogen and oxygen atoms in total. The van der Waals surface area contributed by atoms with Crippen LogP contribution in [0.3, 0.4) is 0 Å². The maximum atomic E-state index is 12.7. The van der Waals surface area contributed by atoms with E-state index in [1.54, 1.807) is 6.92 Å². The van der Waals surface area contributed by atoms with Gasteiger partial charge in [0.15, 0.2) is 0 Å². The average Bonchev–Trinajstić information content (AvgIpc) is 2.42. The number of nitrogens with zero attached hydrogens (tertiary/aromatic N) is 1. The van der Waals surface area contributed by atoms with Crippen molar-refractivity contribution in [2.45, 2.75) is 13.1 Å². The minimum atomic E-state index is -4.56. The number of nitrogens with two attached hydrogens (primary N) is 1. The van der Waals surface area contributed by atoms with Crippen molar-refractivity contribution in [3.8, 4) is 0 Å². The first-order chi connectivity index (χ1) is 9.66. The molecule has 0 spiro atoms. The van der Waals surface area contributed by atoms with Crippen LogP contribution in [0.15, 0.2) is 27.8 Å². The molecule has 1 unspecified atom stereocenters. The van der Waals surface area contributed by atoms with E-state index in [0.29, 0.717) is 0 Å². The molecule has 9 heteroatoms. The second-order valence-electron chi connectivity index (χ2n) is 4.33. The second kappa shape index (κ2) is 6.79. The Hall–Kier alpha value is -1.77. The lowest BCUT2D eigenvalue weighted by molar-refractivity contribution is -0.138. The molecular weight excluding hydrogens is 355 g/mol. The highest BCUT2D eigenvalue weighted by Gasteiger charge is 2.33. The van der Waals surface area contributed by atoms with Gasteiger partial charge in [-0.2, -0.15) is 13.2 Å². The summed E-state index contributed by atoms with van der Waals surface area (Å²) in [6, 6.07) is 3.18. The summed E-state index contributed by atoms with van der Waals surface area (Å²) in [7, 11) is 0. The van der Waals surface area contributed by atoms with Gasteiger partial charge < -0.3 is 16.3 Å². The van der Waals surface area contributed by atoms with Crippen molar-refractivity contribution < 1.29 is 23.2 Å². The van der Waals surface area contributed by atoms with Crippen molar-refractivity contribution in [2.75, 3.05) is 6.54 Å². The summed E-state index contributed by atoms with van der Waals surface area (Å²) in [5, 5.41) is 13.7. The number of oxime groups is 1. The van der Waals surface area contributed by atoms with Crippen LogP contribution in [0.25, 0.3) is 0 Å². The highest BCUT2D eigenvalue weighted by Crippen LogP contribution is 2.35. The number of benzene rings is 1. The largest absolute Gasteiger partial charge is 0.417 e. The van der Waals surface area contributed by atoms with Gasteiger partial charge in [0.25, 0.3) is 5.91 Å². The molecule has 21 heavy (non-hydrogen) atoms. The fraction of sp³-hybridized carbons (Fsp3) is 0.333. The number of hydrogen-bond acceptors (Lipinski definition) is 3. The molecular formula is C12H13BrF3N3O2. The van der Waals surface area contributed by atoms with Crippen LogP contribution >= 0.6 is 15.9 Å². The van der Waals surface area contributed by atoms with E-state index in [-0.39, 0.29) is 22.4 Å². The number of amides is 1. The highest BCUT2D eigenvalue weighted by molar-refractivity contribution is 9.10. The first-order valence-corrected chi connectivity index (χ1v) is 6.58. The Morgan fingerprint density at radius 2 is 2.14 bits per heavy atom. The molecule has 0 fully saturated rings. The predicted octanol–water partition coefficient (Wildman–Crippen LogP) is 2.58. The minimum Gasteiger partial charge on any atom is -0.409 e. The first kappa shape index (κ1) is 17.3. The lowest BCUT2D eigenvalue weighted by Gasteiger charge is -2.13. The third kappa shape index (κ3) is 4.62. The number of alkyl halides is 3. The smallest absolute Gasteiger partial charge is 0.409 e. The molecule has 0 aliphatic rings. The quantitative estimate of drug-likeness (QED) is 0.330. The summed E-state index contributed by atoms with van der Waals surface area (Å²) in [4.78, 5) is 11.8. The van der Waals surface area contributed by atoms with Crippen LogP contribution in [-0.4, -0.2) is 23.5 Å². The molecule has 1 aromatic carbocycles. The minimum absolute atomic E-state index is 0.0339. The Kier molecular flexibility index (Phi) is 5.59. The first-order valence-electron chi connectivity index (χ1n) is 5.79. The zero-order chi connectivity index (χ0) is 16.2. The van der Waals surface area contributed by atoms with Gasteiger partial charge in [-0.25, -0.2) is 0 Å². The number of rotatable bonds is 4. The van der Waals surface area contributed by atoms with E-state index in [0.717, 1.165) is 12.1 Å². The molecule has 0 aromatic heterocycles. The molecule has 0 aliphatic heterocycles. The normalized spacial score (nSPS) is 13.9. The zero-order valence-corrected chi connectivity index (χ0v) is 12.5. The molecule has 116 valence electrons. The summed E-state index contributed by atoms with van der Waals surface area (Å²) < 4.78 is 38.1. The van der Waals surface area contributed by atoms with Gasteiger partial charge in [-0.05, 0) is 18.2 Å². The molecule has 0 heterocycles. The van der Waals surface area contributed by atoms with Crippen LogP contribution in [-0.2, 0) is 6.18 Å². The van der Waals surface area contributed by atoms with E-state index < -0.39 is 23.6 Å². The van der Waals surface area contributed by atoms with E-state index in [1.807, 2.05) is 0 Å². The van der Waals surface area contributed by atoms with Crippen LogP contribution in [0.4, 0.5) is 13.2 Å². The van der Waals surface area contributed by atoms with Crippen molar-refractivity contribution in [2.24, 2.45) is 16.8 Å². The Bertz CT molecular complexity index is 561. The molecule has 1 rings (SSSR count). The Balaban J connectivity index is 2.85. The van der Waals surface area contributed by atoms with Gasteiger partial charge in [-0.1, -0.05) is 28.0 Å². The lowest BCUT2D eigenvalue weighted by atomic mass is 10.1. The third-order valence-electron chi connectivity index (χ3n) is 2.72. The molecule has 1 aromatic rings. The SMILES string of the molecule is CC(CNC(=O)c1ccc(Br)c(C(F)(F)F)c1)/C(N)=N/O. The Morgan fingerprint density at radius 1 is 1.52 bits per heavy atom. The van der Waals surface area contributed by atoms with Crippen LogP contribution in [0.2, 0.25) is 0 Å². The summed E-state index contributed by atoms with van der Waals surface area (Å²) in [5.74, 6) is -1.20. The van der Waals surface area contributed by atoms with E-state index in [2.05, 4.69) is 26.4 Å². The van der Waals surface area contributed by atoms with E-state index in [9.17, 15) is 18.0 Å². The molecule has 0 bridgehead atoms. The van der Waals surface area contributed by atoms with Gasteiger partial charge in [0.2, 0.25) is 0 Å². The zero-order valence-electron chi connectivity index (χ0n) is 10.9. The standard InChI is InChI=1S/C12H13BrF3N3O2/c1-6(10(17)19-21)5-18-11(20)7-2-3-9(13)8(4-7)12(14,15)16/h2-4,6,21H,5H2,1H3,(H2,17,19)(H,18,20). The number of carbonyl (C=O) groups excluding carboxylic acids is 1. The lowest BCUT2D eigenvalue weighted by Crippen LogP contribution is -2.34. The highest BCUT2D eigenvalue weighted by atomic mass is 79.9. The van der Waals surface area contributed by atoms with Crippen LogP contribution in [0, 0.1) is 5.92 Å². The Morgan fingerprint density at radius 3 is 2.67 bits per heavy atom. The topological polar surface area (TPSA) is 87.7 Å². The van der Waals surface area contributed by atoms with Gasteiger partial charge in [-0.15, -0.1) is 0 Å². The van der Waals surface area contributed by atoms with Gasteiger partial charge in [0.1, 0.15) is 5.84 Å². The fourth-order valence-corrected chi connectivity index (χ4v) is 1.91. The molecule has 0 saturated carbocycles. The number of amidine groups is 1. The van der Waals surface area contributed by atoms with Gasteiger partial charge >= 0.3 is 6.18 Å². The number of hydrogen-bond donors (Lipinski definition) is 3. The van der Waals surface area contributed by atoms with Crippen molar-refractivity contribution in [3.63, 3.8) is 0 Å². The molecule has 1 amide bonds. The third-order valence-corrected chi connectivity index (χ3v) is 3.41. The average molecular weight is 368 g/mol. The number of carbonyl (C=O) groups is 1. The van der Waals surface area contributed by atoms with Crippen LogP contribution < -0.4 is 11.1 Å². The molecule has 0 saturated heterocycles. The van der Waals surface area contributed by atoms with Crippen molar-refractivity contribution >= 4 is 27.7 Å². The van der Waals surface area contributed by atoms with Crippen molar-refractivity contribution in [1.82, 2.24) is 5.32 Å². The van der Waals surface area contributed by atoms with E-state index >= 15 is 0 Å². The Labute approximate surface area is 127 Å². The van der Waals surface area contributed by atoms with Gasteiger partial charge in [0, 0.05) is 22.5 Å². The summed E-state index contributed by atoms with van der Waals surface area (Å²) in [6.45, 7) is 1.63. The van der Waals surface area contributed by atoms with Gasteiger partial charge in [0.05, 0.1) is 5.56 Å². The predicted molar refractivity (Wildman–Crippen MR) is 74.1 cm³/mol. The maximum Gasteiger partial charge on any atom is 0.417 e. The molecule has 0 radical (unpaired) electrons. The molecule has 1 atom stereocenters. The van der Waals surface area contributed by atoms with Crippen LogP contribution in [0.5, 0.6) is 0 Å². The number of nitrogens with one attached hydrogen (secondary N) is 1. The van der Waals surface area contributed by atoms with Crippen molar-refractivity contribution in [3.05, 3.63) is 33.8 Å². The molecule has 0 aliphatic carbocycles. The summed E-state index contributed by atoms with van der Waals surface area (Å²) >= 11 is 2.79. The number of halogens is 4. The van der Waals surface area contributed by atoms with Crippen molar-refractivity contribution in [1.29, 1.82) is 0 Å². The van der Waals surface area contributed by atoms with Gasteiger partial charge in [-0.3, -0.25) is 4.79 Å². The summed E-state index contributed by atoms with van der Waals surface area (Å²) in [5.41, 5.74) is 4.28. The summed E-state index contributed by atoms with van der Waals surface area (Å²) in [6.07, 6.45) is -4.56. The maximum absolute atomic E-state index is 12.7. The fourth-order valence-electron chi connectivity index (χ4n) is 1.43.